The standard InChI is InChI=1S/C16H16BrNO2/c1-10-4-5-13(6-11(10)2)18-9-12-7-14(17)16(19)15(8-12)20-3/h4-9,19H,1-3H3. The second-order valence-electron chi connectivity index (χ2n) is 4.58. The van der Waals surface area contributed by atoms with E-state index in [4.69, 9.17) is 4.74 Å². The van der Waals surface area contributed by atoms with Crippen LogP contribution in [-0.4, -0.2) is 18.4 Å². The van der Waals surface area contributed by atoms with Crippen LogP contribution in [0.3, 0.4) is 0 Å². The summed E-state index contributed by atoms with van der Waals surface area (Å²) in [7, 11) is 1.52. The van der Waals surface area contributed by atoms with Gasteiger partial charge in [-0.25, -0.2) is 0 Å². The summed E-state index contributed by atoms with van der Waals surface area (Å²) in [5.74, 6) is 0.511. The van der Waals surface area contributed by atoms with E-state index in [1.807, 2.05) is 12.1 Å². The number of phenolic OH excluding ortho intramolecular Hbond substituents is 1. The zero-order valence-electron chi connectivity index (χ0n) is 11.6. The lowest BCUT2D eigenvalue weighted by molar-refractivity contribution is 0.372. The molecule has 0 aliphatic rings. The number of aliphatic imine (C=N–C) groups is 1. The third-order valence-electron chi connectivity index (χ3n) is 3.12. The third kappa shape index (κ3) is 3.20. The van der Waals surface area contributed by atoms with Crippen molar-refractivity contribution >= 4 is 27.8 Å². The van der Waals surface area contributed by atoms with E-state index >= 15 is 0 Å². The van der Waals surface area contributed by atoms with Crippen LogP contribution in [-0.2, 0) is 0 Å². The third-order valence-corrected chi connectivity index (χ3v) is 3.73. The van der Waals surface area contributed by atoms with Crippen molar-refractivity contribution in [3.63, 3.8) is 0 Å². The summed E-state index contributed by atoms with van der Waals surface area (Å²) >= 11 is 3.29. The van der Waals surface area contributed by atoms with Crippen LogP contribution >= 0.6 is 15.9 Å². The highest BCUT2D eigenvalue weighted by Crippen LogP contribution is 2.34. The Labute approximate surface area is 127 Å². The largest absolute Gasteiger partial charge is 0.503 e. The summed E-state index contributed by atoms with van der Waals surface area (Å²) in [6.07, 6.45) is 1.75. The Balaban J connectivity index is 2.31. The van der Waals surface area contributed by atoms with Crippen LogP contribution < -0.4 is 4.74 Å². The average molecular weight is 334 g/mol. The van der Waals surface area contributed by atoms with Gasteiger partial charge in [0.15, 0.2) is 11.5 Å². The maximum Gasteiger partial charge on any atom is 0.172 e. The summed E-state index contributed by atoms with van der Waals surface area (Å²) in [5, 5.41) is 9.76. The molecule has 0 heterocycles. The lowest BCUT2D eigenvalue weighted by Crippen LogP contribution is -1.88. The molecule has 4 heteroatoms. The van der Waals surface area contributed by atoms with Gasteiger partial charge >= 0.3 is 0 Å². The number of rotatable bonds is 3. The molecule has 0 aliphatic carbocycles. The van der Waals surface area contributed by atoms with Crippen molar-refractivity contribution in [1.29, 1.82) is 0 Å². The van der Waals surface area contributed by atoms with Crippen LogP contribution in [0.4, 0.5) is 5.69 Å². The number of halogens is 1. The molecule has 0 aliphatic heterocycles. The molecule has 0 amide bonds. The van der Waals surface area contributed by atoms with Crippen LogP contribution in [0.2, 0.25) is 0 Å². The van der Waals surface area contributed by atoms with Crippen LogP contribution in [0.5, 0.6) is 11.5 Å². The van der Waals surface area contributed by atoms with Crippen molar-refractivity contribution in [3.8, 4) is 11.5 Å². The van der Waals surface area contributed by atoms with Gasteiger partial charge in [0.25, 0.3) is 0 Å². The van der Waals surface area contributed by atoms with E-state index in [1.54, 1.807) is 18.3 Å². The van der Waals surface area contributed by atoms with Crippen LogP contribution in [0.25, 0.3) is 0 Å². The summed E-state index contributed by atoms with van der Waals surface area (Å²) in [6, 6.07) is 9.60. The molecule has 1 N–H and O–H groups in total. The fourth-order valence-corrected chi connectivity index (χ4v) is 2.24. The monoisotopic (exact) mass is 333 g/mol. The predicted molar refractivity (Wildman–Crippen MR) is 85.5 cm³/mol. The van der Waals surface area contributed by atoms with Crippen molar-refractivity contribution in [2.45, 2.75) is 13.8 Å². The van der Waals surface area contributed by atoms with E-state index in [9.17, 15) is 5.11 Å². The number of methoxy groups -OCH3 is 1. The molecule has 0 radical (unpaired) electrons. The highest BCUT2D eigenvalue weighted by Gasteiger charge is 2.07. The van der Waals surface area contributed by atoms with E-state index < -0.39 is 0 Å². The van der Waals surface area contributed by atoms with Gasteiger partial charge in [0.05, 0.1) is 17.3 Å². The number of hydrogen-bond acceptors (Lipinski definition) is 3. The van der Waals surface area contributed by atoms with E-state index in [-0.39, 0.29) is 5.75 Å². The van der Waals surface area contributed by atoms with E-state index in [2.05, 4.69) is 40.8 Å². The molecule has 2 aromatic carbocycles. The van der Waals surface area contributed by atoms with Crippen molar-refractivity contribution in [3.05, 3.63) is 51.5 Å². The molecular weight excluding hydrogens is 318 g/mol. The number of hydrogen-bond donors (Lipinski definition) is 1. The van der Waals surface area contributed by atoms with E-state index in [0.29, 0.717) is 10.2 Å². The molecule has 3 nitrogen and oxygen atoms in total. The molecule has 0 saturated heterocycles. The van der Waals surface area contributed by atoms with Gasteiger partial charge in [-0.05, 0) is 70.7 Å². The quantitative estimate of drug-likeness (QED) is 0.838. The fourth-order valence-electron chi connectivity index (χ4n) is 1.78. The number of phenols is 1. The number of benzene rings is 2. The van der Waals surface area contributed by atoms with Crippen molar-refractivity contribution in [2.24, 2.45) is 4.99 Å². The molecule has 0 atom stereocenters. The minimum atomic E-state index is 0.0934. The van der Waals surface area contributed by atoms with E-state index in [0.717, 1.165) is 11.3 Å². The van der Waals surface area contributed by atoms with Gasteiger partial charge in [0.2, 0.25) is 0 Å². The maximum atomic E-state index is 9.76. The van der Waals surface area contributed by atoms with Gasteiger partial charge in [-0.15, -0.1) is 0 Å². The molecule has 20 heavy (non-hydrogen) atoms. The van der Waals surface area contributed by atoms with Crippen LogP contribution in [0.15, 0.2) is 39.8 Å². The Bertz CT molecular complexity index is 666. The Hall–Kier alpha value is -1.81. The molecule has 0 bridgehead atoms. The van der Waals surface area contributed by atoms with Gasteiger partial charge < -0.3 is 9.84 Å². The van der Waals surface area contributed by atoms with Gasteiger partial charge in [-0.2, -0.15) is 0 Å². The Morgan fingerprint density at radius 1 is 1.15 bits per heavy atom. The Morgan fingerprint density at radius 3 is 2.55 bits per heavy atom. The zero-order valence-corrected chi connectivity index (χ0v) is 13.2. The second-order valence-corrected chi connectivity index (χ2v) is 5.43. The first kappa shape index (κ1) is 14.6. The first-order valence-electron chi connectivity index (χ1n) is 6.19. The normalized spacial score (nSPS) is 11.0. The van der Waals surface area contributed by atoms with Gasteiger partial charge in [0, 0.05) is 6.21 Å². The number of nitrogens with zero attached hydrogens (tertiary/aromatic N) is 1. The highest BCUT2D eigenvalue weighted by molar-refractivity contribution is 9.10. The predicted octanol–water partition coefficient (Wildman–Crippen LogP) is 4.53. The SMILES string of the molecule is COc1cc(C=Nc2ccc(C)c(C)c2)cc(Br)c1O. The summed E-state index contributed by atoms with van der Waals surface area (Å²) in [4.78, 5) is 4.44. The smallest absolute Gasteiger partial charge is 0.172 e. The first-order chi connectivity index (χ1) is 9.51. The minimum absolute atomic E-state index is 0.0934. The lowest BCUT2D eigenvalue weighted by atomic mass is 10.1. The molecule has 0 fully saturated rings. The summed E-state index contributed by atoms with van der Waals surface area (Å²) in [6.45, 7) is 4.14. The fraction of sp³-hybridized carbons (Fsp3) is 0.188. The molecule has 2 aromatic rings. The van der Waals surface area contributed by atoms with Gasteiger partial charge in [0.1, 0.15) is 0 Å². The molecule has 0 spiro atoms. The number of aryl methyl sites for hydroxylation is 2. The zero-order chi connectivity index (χ0) is 14.7. The summed E-state index contributed by atoms with van der Waals surface area (Å²) < 4.78 is 5.69. The average Bonchev–Trinajstić information content (AvgIpc) is 2.43. The van der Waals surface area contributed by atoms with Gasteiger partial charge in [-0.3, -0.25) is 4.99 Å². The lowest BCUT2D eigenvalue weighted by Gasteiger charge is -2.06. The number of ether oxygens (including phenoxy) is 1. The minimum Gasteiger partial charge on any atom is -0.503 e. The van der Waals surface area contributed by atoms with Crippen molar-refractivity contribution < 1.29 is 9.84 Å². The van der Waals surface area contributed by atoms with E-state index in [1.165, 1.54) is 18.2 Å². The Morgan fingerprint density at radius 2 is 1.90 bits per heavy atom. The molecular formula is C16H16BrNO2. The molecule has 0 saturated carbocycles. The topological polar surface area (TPSA) is 41.8 Å². The molecule has 2 rings (SSSR count). The Kier molecular flexibility index (Phi) is 4.45. The molecule has 0 aromatic heterocycles. The van der Waals surface area contributed by atoms with Crippen LogP contribution in [0.1, 0.15) is 16.7 Å². The van der Waals surface area contributed by atoms with Gasteiger partial charge in [-0.1, -0.05) is 6.07 Å². The molecule has 0 unspecified atom stereocenters. The highest BCUT2D eigenvalue weighted by atomic mass is 79.9. The first-order valence-corrected chi connectivity index (χ1v) is 6.98. The molecule has 104 valence electrons. The number of aromatic hydroxyl groups is 1. The van der Waals surface area contributed by atoms with Crippen molar-refractivity contribution in [1.82, 2.24) is 0 Å². The summed E-state index contributed by atoms with van der Waals surface area (Å²) in [5.41, 5.74) is 4.21. The maximum absolute atomic E-state index is 9.76. The van der Waals surface area contributed by atoms with Crippen molar-refractivity contribution in [2.75, 3.05) is 7.11 Å². The van der Waals surface area contributed by atoms with Crippen LogP contribution in [0, 0.1) is 13.8 Å². The second kappa shape index (κ2) is 6.09.